The lowest BCUT2D eigenvalue weighted by molar-refractivity contribution is 0.302. The molecule has 0 unspecified atom stereocenters. The Morgan fingerprint density at radius 3 is 1.49 bits per heavy atom. The van der Waals surface area contributed by atoms with Crippen LogP contribution < -0.4 is 25.2 Å². The molecule has 0 saturated carbocycles. The second kappa shape index (κ2) is 15.0. The number of ether oxygens (including phenoxy) is 2. The Morgan fingerprint density at radius 1 is 0.590 bits per heavy atom. The van der Waals surface area contributed by atoms with E-state index in [1.807, 2.05) is 11.3 Å². The maximum atomic E-state index is 6.37. The third-order valence-electron chi connectivity index (χ3n) is 8.16. The minimum atomic E-state index is 0.284. The fraction of sp³-hybridized carbons (Fsp3) is 0.543. The summed E-state index contributed by atoms with van der Waals surface area (Å²) in [6, 6.07) is 14.0. The van der Waals surface area contributed by atoms with Crippen molar-refractivity contribution >= 4 is 33.8 Å². The van der Waals surface area contributed by atoms with Gasteiger partial charge in [0.25, 0.3) is 6.71 Å². The molecule has 0 saturated heterocycles. The molecular weight excluding hydrogens is 495 g/mol. The zero-order valence-electron chi connectivity index (χ0n) is 25.2. The summed E-state index contributed by atoms with van der Waals surface area (Å²) in [4.78, 5) is 1.37. The van der Waals surface area contributed by atoms with Crippen molar-refractivity contribution in [3.05, 3.63) is 52.4 Å². The quantitative estimate of drug-likeness (QED) is 0.0978. The molecule has 4 heteroatoms. The van der Waals surface area contributed by atoms with Gasteiger partial charge >= 0.3 is 0 Å². The highest BCUT2D eigenvalue weighted by atomic mass is 32.1. The first-order valence-electron chi connectivity index (χ1n) is 15.6. The number of unbranched alkanes of at least 4 members (excludes halogenated alkanes) is 10. The maximum Gasteiger partial charge on any atom is 0.255 e. The smallest absolute Gasteiger partial charge is 0.255 e. The van der Waals surface area contributed by atoms with Crippen molar-refractivity contribution in [2.45, 2.75) is 112 Å². The lowest BCUT2D eigenvalue weighted by atomic mass is 9.42. The van der Waals surface area contributed by atoms with Crippen molar-refractivity contribution in [3.63, 3.8) is 0 Å². The van der Waals surface area contributed by atoms with E-state index in [1.54, 1.807) is 0 Å². The molecular formula is C35H49BO2S. The molecule has 2 nitrogen and oxygen atoms in total. The van der Waals surface area contributed by atoms with Crippen LogP contribution in [0, 0.1) is 20.8 Å². The fourth-order valence-corrected chi connectivity index (χ4v) is 6.90. The van der Waals surface area contributed by atoms with E-state index in [0.717, 1.165) is 37.6 Å². The zero-order valence-corrected chi connectivity index (χ0v) is 26.0. The summed E-state index contributed by atoms with van der Waals surface area (Å²) < 4.78 is 14.2. The van der Waals surface area contributed by atoms with Crippen molar-refractivity contribution < 1.29 is 9.47 Å². The summed E-state index contributed by atoms with van der Waals surface area (Å²) in [5.41, 5.74) is 7.92. The van der Waals surface area contributed by atoms with Gasteiger partial charge in [-0.25, -0.2) is 0 Å². The van der Waals surface area contributed by atoms with Crippen molar-refractivity contribution in [2.75, 3.05) is 13.2 Å². The number of hydrogen-bond donors (Lipinski definition) is 0. The molecule has 0 spiro atoms. The molecule has 0 aliphatic carbocycles. The standard InChI is InChI=1S/C35H49BO2S/c1-6-8-10-12-14-16-20-37-33-24-29-30-25-34(38-21-17-15-13-11-9-7-2)27(4)23-32(30)36(31(29)22-26(33)3)35-19-18-28(5)39-35/h18-19,22-25H,6-17,20-21H2,1-5H3. The molecule has 0 radical (unpaired) electrons. The molecule has 3 aromatic rings. The molecule has 1 aromatic heterocycles. The Labute approximate surface area is 242 Å². The molecule has 1 aliphatic rings. The summed E-state index contributed by atoms with van der Waals surface area (Å²) in [5.74, 6) is 2.07. The number of thiophene rings is 1. The fourth-order valence-electron chi connectivity index (χ4n) is 5.89. The van der Waals surface area contributed by atoms with Gasteiger partial charge in [0, 0.05) is 4.88 Å². The summed E-state index contributed by atoms with van der Waals surface area (Å²) in [7, 11) is 0. The van der Waals surface area contributed by atoms with Crippen LogP contribution in [0.5, 0.6) is 11.5 Å². The first-order valence-corrected chi connectivity index (χ1v) is 16.5. The number of benzene rings is 2. The third-order valence-corrected chi connectivity index (χ3v) is 9.23. The van der Waals surface area contributed by atoms with Crippen LogP contribution in [0.25, 0.3) is 11.1 Å². The largest absolute Gasteiger partial charge is 0.493 e. The van der Waals surface area contributed by atoms with E-state index in [-0.39, 0.29) is 6.71 Å². The minimum absolute atomic E-state index is 0.284. The summed E-state index contributed by atoms with van der Waals surface area (Å²) in [6.07, 6.45) is 15.4. The molecule has 0 atom stereocenters. The van der Waals surface area contributed by atoms with Crippen molar-refractivity contribution in [3.8, 4) is 22.6 Å². The van der Waals surface area contributed by atoms with Crippen molar-refractivity contribution in [1.29, 1.82) is 0 Å². The van der Waals surface area contributed by atoms with Crippen LogP contribution in [-0.2, 0) is 0 Å². The first kappa shape index (κ1) is 29.8. The van der Waals surface area contributed by atoms with Crippen molar-refractivity contribution in [2.24, 2.45) is 0 Å². The third kappa shape index (κ3) is 7.72. The Morgan fingerprint density at radius 2 is 1.05 bits per heavy atom. The van der Waals surface area contributed by atoms with Gasteiger partial charge in [-0.05, 0) is 78.8 Å². The molecule has 210 valence electrons. The predicted octanol–water partition coefficient (Wildman–Crippen LogP) is 8.65. The maximum absolute atomic E-state index is 6.37. The Balaban J connectivity index is 1.53. The van der Waals surface area contributed by atoms with Gasteiger partial charge in [-0.1, -0.05) is 107 Å². The molecule has 2 aromatic carbocycles. The summed E-state index contributed by atoms with van der Waals surface area (Å²) in [6.45, 7) is 13.0. The van der Waals surface area contributed by atoms with E-state index in [0.29, 0.717) is 0 Å². The molecule has 0 bridgehead atoms. The minimum Gasteiger partial charge on any atom is -0.493 e. The second-order valence-electron chi connectivity index (χ2n) is 11.5. The molecule has 4 rings (SSSR count). The van der Waals surface area contributed by atoms with Gasteiger partial charge in [0.05, 0.1) is 13.2 Å². The van der Waals surface area contributed by atoms with E-state index >= 15 is 0 Å². The van der Waals surface area contributed by atoms with Gasteiger partial charge in [-0.3, -0.25) is 0 Å². The first-order chi connectivity index (χ1) is 19.0. The van der Waals surface area contributed by atoms with Gasteiger partial charge in [-0.15, -0.1) is 0 Å². The van der Waals surface area contributed by atoms with E-state index in [4.69, 9.17) is 9.47 Å². The van der Waals surface area contributed by atoms with Crippen LogP contribution in [0.2, 0.25) is 0 Å². The monoisotopic (exact) mass is 544 g/mol. The highest BCUT2D eigenvalue weighted by Gasteiger charge is 2.36. The second-order valence-corrected chi connectivity index (χ2v) is 12.8. The molecule has 2 heterocycles. The molecule has 0 fully saturated rings. The number of aryl methyl sites for hydroxylation is 3. The Hall–Kier alpha value is -2.20. The van der Waals surface area contributed by atoms with Crippen LogP contribution in [0.1, 0.15) is 107 Å². The van der Waals surface area contributed by atoms with Crippen LogP contribution in [0.15, 0.2) is 36.4 Å². The van der Waals surface area contributed by atoms with Crippen LogP contribution in [-0.4, -0.2) is 19.9 Å². The van der Waals surface area contributed by atoms with Gasteiger partial charge in [0.2, 0.25) is 0 Å². The molecule has 1 aliphatic heterocycles. The summed E-state index contributed by atoms with van der Waals surface area (Å²) >= 11 is 1.92. The lowest BCUT2D eigenvalue weighted by Gasteiger charge is -2.14. The number of hydrogen-bond acceptors (Lipinski definition) is 3. The highest BCUT2D eigenvalue weighted by Crippen LogP contribution is 2.34. The number of rotatable bonds is 17. The van der Waals surface area contributed by atoms with Gasteiger partial charge < -0.3 is 9.47 Å². The lowest BCUT2D eigenvalue weighted by Crippen LogP contribution is -2.47. The van der Waals surface area contributed by atoms with E-state index in [2.05, 4.69) is 71.0 Å². The van der Waals surface area contributed by atoms with E-state index < -0.39 is 0 Å². The molecule has 39 heavy (non-hydrogen) atoms. The molecule has 0 amide bonds. The SMILES string of the molecule is CCCCCCCCOc1cc2c(cc1C)B(c1ccc(C)s1)c1cc(C)c(OCCCCCCCC)cc1-2. The van der Waals surface area contributed by atoms with Crippen LogP contribution in [0.3, 0.4) is 0 Å². The average molecular weight is 545 g/mol. The van der Waals surface area contributed by atoms with Crippen molar-refractivity contribution in [1.82, 2.24) is 0 Å². The number of fused-ring (bicyclic) bond motifs is 3. The zero-order chi connectivity index (χ0) is 27.6. The highest BCUT2D eigenvalue weighted by molar-refractivity contribution is 7.27. The Bertz CT molecular complexity index is 1120. The van der Waals surface area contributed by atoms with Gasteiger partial charge in [-0.2, -0.15) is 11.3 Å². The van der Waals surface area contributed by atoms with E-state index in [9.17, 15) is 0 Å². The predicted molar refractivity (Wildman–Crippen MR) is 173 cm³/mol. The normalized spacial score (nSPS) is 12.1. The Kier molecular flexibility index (Phi) is 11.4. The topological polar surface area (TPSA) is 18.5 Å². The van der Waals surface area contributed by atoms with Gasteiger partial charge in [0.15, 0.2) is 0 Å². The average Bonchev–Trinajstić information content (AvgIpc) is 3.47. The van der Waals surface area contributed by atoms with Gasteiger partial charge in [0.1, 0.15) is 11.5 Å². The van der Waals surface area contributed by atoms with Crippen LogP contribution >= 0.6 is 11.3 Å². The van der Waals surface area contributed by atoms with Crippen LogP contribution in [0.4, 0.5) is 0 Å². The molecule has 0 N–H and O–H groups in total. The summed E-state index contributed by atoms with van der Waals surface area (Å²) in [5, 5.41) is 0. The van der Waals surface area contributed by atoms with E-state index in [1.165, 1.54) is 107 Å².